The van der Waals surface area contributed by atoms with Crippen LogP contribution >= 0.6 is 11.6 Å². The molecule has 12 heteroatoms. The molecule has 1 aliphatic heterocycles. The van der Waals surface area contributed by atoms with E-state index >= 15 is 0 Å². The second-order valence-electron chi connectivity index (χ2n) is 8.26. The number of rotatable bonds is 4. The minimum atomic E-state index is -2.98. The second kappa shape index (κ2) is 8.97. The molecule has 0 amide bonds. The van der Waals surface area contributed by atoms with Crippen LogP contribution in [0, 0.1) is 12.7 Å². The molecule has 1 aromatic carbocycles. The summed E-state index contributed by atoms with van der Waals surface area (Å²) >= 11 is 5.91. The van der Waals surface area contributed by atoms with Gasteiger partial charge in [-0.25, -0.2) is 18.2 Å². The van der Waals surface area contributed by atoms with Gasteiger partial charge in [0.05, 0.1) is 19.3 Å². The Balaban J connectivity index is 1.70. The van der Waals surface area contributed by atoms with Gasteiger partial charge in [0, 0.05) is 47.1 Å². The Hall–Kier alpha value is -3.44. The highest BCUT2D eigenvalue weighted by atomic mass is 35.5. The maximum atomic E-state index is 15.0. The third kappa shape index (κ3) is 4.25. The van der Waals surface area contributed by atoms with E-state index in [1.54, 1.807) is 24.0 Å². The molecular formula is C23H20ClF3N6O2. The lowest BCUT2D eigenvalue weighted by Gasteiger charge is -2.33. The SMILES string of the molecule is Cc1c(C(F)F)nc2c(-c3ccc(Cl)cc3F)cc(N3CCO[C@@H](c4cnn(C)c4)C3)nn2c1=O. The summed E-state index contributed by atoms with van der Waals surface area (Å²) in [6.45, 7) is 2.49. The Bertz CT molecular complexity index is 1490. The van der Waals surface area contributed by atoms with Crippen LogP contribution in [0.1, 0.15) is 29.4 Å². The molecule has 1 fully saturated rings. The van der Waals surface area contributed by atoms with E-state index in [4.69, 9.17) is 16.3 Å². The first-order valence-corrected chi connectivity index (χ1v) is 11.1. The van der Waals surface area contributed by atoms with E-state index in [9.17, 15) is 18.0 Å². The molecule has 35 heavy (non-hydrogen) atoms. The van der Waals surface area contributed by atoms with E-state index in [1.165, 1.54) is 19.1 Å². The Kier molecular flexibility index (Phi) is 5.97. The van der Waals surface area contributed by atoms with Gasteiger partial charge in [0.1, 0.15) is 17.6 Å². The number of aryl methyl sites for hydroxylation is 1. The van der Waals surface area contributed by atoms with Crippen LogP contribution in [0.2, 0.25) is 5.02 Å². The summed E-state index contributed by atoms with van der Waals surface area (Å²) in [6, 6.07) is 5.55. The smallest absolute Gasteiger partial charge is 0.280 e. The predicted molar refractivity (Wildman–Crippen MR) is 123 cm³/mol. The molecule has 4 aromatic rings. The van der Waals surface area contributed by atoms with Gasteiger partial charge in [0.25, 0.3) is 12.0 Å². The fourth-order valence-electron chi connectivity index (χ4n) is 4.14. The van der Waals surface area contributed by atoms with E-state index in [-0.39, 0.29) is 33.5 Å². The van der Waals surface area contributed by atoms with Crippen molar-refractivity contribution in [3.05, 3.63) is 74.7 Å². The Morgan fingerprint density at radius 1 is 1.23 bits per heavy atom. The molecule has 4 heterocycles. The van der Waals surface area contributed by atoms with Gasteiger partial charge < -0.3 is 9.64 Å². The number of halogens is 4. The van der Waals surface area contributed by atoms with Crippen molar-refractivity contribution in [1.82, 2.24) is 24.4 Å². The number of benzene rings is 1. The fraction of sp³-hybridized carbons (Fsp3) is 0.304. The first-order chi connectivity index (χ1) is 16.7. The maximum Gasteiger partial charge on any atom is 0.280 e. The zero-order chi connectivity index (χ0) is 24.9. The van der Waals surface area contributed by atoms with Crippen molar-refractivity contribution in [2.75, 3.05) is 24.6 Å². The molecular weight excluding hydrogens is 485 g/mol. The van der Waals surface area contributed by atoms with Crippen molar-refractivity contribution in [2.24, 2.45) is 7.05 Å². The highest BCUT2D eigenvalue weighted by Crippen LogP contribution is 2.33. The van der Waals surface area contributed by atoms with E-state index in [0.717, 1.165) is 16.1 Å². The standard InChI is InChI=1S/C23H20ClF3N6O2/c1-12-20(21(26)27)29-22-16(15-4-3-14(24)7-17(15)25)8-19(30-33(22)23(12)34)32-5-6-35-18(11-32)13-9-28-31(2)10-13/h3-4,7-10,18,21H,5-6,11H2,1-2H3/t18-/m1/s1. The molecule has 8 nitrogen and oxygen atoms in total. The lowest BCUT2D eigenvalue weighted by atomic mass is 10.1. The zero-order valence-electron chi connectivity index (χ0n) is 18.8. The van der Waals surface area contributed by atoms with Crippen LogP contribution in [0.3, 0.4) is 0 Å². The van der Waals surface area contributed by atoms with Gasteiger partial charge >= 0.3 is 0 Å². The molecule has 182 valence electrons. The third-order valence-electron chi connectivity index (χ3n) is 5.96. The number of aromatic nitrogens is 5. The monoisotopic (exact) mass is 504 g/mol. The van der Waals surface area contributed by atoms with Gasteiger partial charge in [-0.05, 0) is 31.2 Å². The molecule has 0 spiro atoms. The average Bonchev–Trinajstić information content (AvgIpc) is 3.27. The van der Waals surface area contributed by atoms with Crippen LogP contribution in [-0.2, 0) is 11.8 Å². The number of hydrogen-bond acceptors (Lipinski definition) is 6. The van der Waals surface area contributed by atoms with Crippen molar-refractivity contribution >= 4 is 23.1 Å². The summed E-state index contributed by atoms with van der Waals surface area (Å²) in [4.78, 5) is 19.0. The number of hydrogen-bond donors (Lipinski definition) is 0. The molecule has 1 saturated heterocycles. The van der Waals surface area contributed by atoms with Crippen LogP contribution in [0.4, 0.5) is 19.0 Å². The van der Waals surface area contributed by atoms with Crippen LogP contribution in [-0.4, -0.2) is 44.1 Å². The second-order valence-corrected chi connectivity index (χ2v) is 8.69. The molecule has 1 aliphatic rings. The molecule has 0 bridgehead atoms. The zero-order valence-corrected chi connectivity index (χ0v) is 19.5. The lowest BCUT2D eigenvalue weighted by molar-refractivity contribution is 0.0394. The van der Waals surface area contributed by atoms with Crippen molar-refractivity contribution in [2.45, 2.75) is 19.5 Å². The van der Waals surface area contributed by atoms with Crippen LogP contribution < -0.4 is 10.5 Å². The normalized spacial score (nSPS) is 16.4. The molecule has 3 aromatic heterocycles. The number of ether oxygens (including phenoxy) is 1. The molecule has 0 N–H and O–H groups in total. The summed E-state index contributed by atoms with van der Waals surface area (Å²) in [7, 11) is 1.80. The van der Waals surface area contributed by atoms with Gasteiger partial charge in [0.2, 0.25) is 0 Å². The minimum absolute atomic E-state index is 0.0589. The van der Waals surface area contributed by atoms with Crippen molar-refractivity contribution in [1.29, 1.82) is 0 Å². The number of nitrogens with zero attached hydrogens (tertiary/aromatic N) is 6. The molecule has 0 aliphatic carbocycles. The van der Waals surface area contributed by atoms with E-state index in [2.05, 4.69) is 15.2 Å². The van der Waals surface area contributed by atoms with Crippen LogP contribution in [0.25, 0.3) is 16.8 Å². The van der Waals surface area contributed by atoms with Gasteiger partial charge in [-0.15, -0.1) is 5.10 Å². The fourth-order valence-corrected chi connectivity index (χ4v) is 4.30. The lowest BCUT2D eigenvalue weighted by Crippen LogP contribution is -2.39. The predicted octanol–water partition coefficient (Wildman–Crippen LogP) is 4.11. The topological polar surface area (TPSA) is 77.6 Å². The number of fused-ring (bicyclic) bond motifs is 1. The van der Waals surface area contributed by atoms with E-state index in [1.807, 2.05) is 11.1 Å². The molecule has 0 saturated carbocycles. The highest BCUT2D eigenvalue weighted by molar-refractivity contribution is 6.30. The first-order valence-electron chi connectivity index (χ1n) is 10.8. The summed E-state index contributed by atoms with van der Waals surface area (Å²) < 4.78 is 50.7. The summed E-state index contributed by atoms with van der Waals surface area (Å²) in [5.74, 6) is -0.327. The number of anilines is 1. The Labute approximate surface area is 202 Å². The summed E-state index contributed by atoms with van der Waals surface area (Å²) in [5, 5.41) is 8.78. The van der Waals surface area contributed by atoms with Crippen molar-refractivity contribution in [3.8, 4) is 11.1 Å². The number of alkyl halides is 2. The highest BCUT2D eigenvalue weighted by Gasteiger charge is 2.27. The van der Waals surface area contributed by atoms with E-state index < -0.39 is 23.5 Å². The van der Waals surface area contributed by atoms with Gasteiger partial charge in [0.15, 0.2) is 11.5 Å². The minimum Gasteiger partial charge on any atom is -0.370 e. The number of morpholine rings is 1. The van der Waals surface area contributed by atoms with Crippen molar-refractivity contribution < 1.29 is 17.9 Å². The Morgan fingerprint density at radius 3 is 2.71 bits per heavy atom. The largest absolute Gasteiger partial charge is 0.370 e. The quantitative estimate of drug-likeness (QED) is 0.416. The summed E-state index contributed by atoms with van der Waals surface area (Å²) in [5.41, 5.74) is -0.727. The molecule has 0 unspecified atom stereocenters. The van der Waals surface area contributed by atoms with Crippen molar-refractivity contribution in [3.63, 3.8) is 0 Å². The van der Waals surface area contributed by atoms with Crippen LogP contribution in [0.5, 0.6) is 0 Å². The molecule has 1 atom stereocenters. The van der Waals surface area contributed by atoms with Gasteiger partial charge in [-0.1, -0.05) is 11.6 Å². The average molecular weight is 505 g/mol. The van der Waals surface area contributed by atoms with Crippen LogP contribution in [0.15, 0.2) is 41.5 Å². The third-order valence-corrected chi connectivity index (χ3v) is 6.19. The van der Waals surface area contributed by atoms with Gasteiger partial charge in [-0.2, -0.15) is 9.61 Å². The first kappa shape index (κ1) is 23.3. The Morgan fingerprint density at radius 2 is 2.03 bits per heavy atom. The molecule has 5 rings (SSSR count). The summed E-state index contributed by atoms with van der Waals surface area (Å²) in [6.07, 6.45) is 0.276. The maximum absolute atomic E-state index is 15.0. The van der Waals surface area contributed by atoms with E-state index in [0.29, 0.717) is 25.5 Å². The van der Waals surface area contributed by atoms with Gasteiger partial charge in [-0.3, -0.25) is 9.48 Å². The molecule has 0 radical (unpaired) electrons.